The van der Waals surface area contributed by atoms with Crippen LogP contribution in [-0.2, 0) is 6.42 Å². The second kappa shape index (κ2) is 8.43. The minimum absolute atomic E-state index is 0.723. The van der Waals surface area contributed by atoms with Crippen molar-refractivity contribution in [2.45, 2.75) is 12.8 Å². The molecule has 0 fully saturated rings. The zero-order valence-corrected chi connectivity index (χ0v) is 11.8. The molecular weight excluding hydrogens is 230 g/mol. The summed E-state index contributed by atoms with van der Waals surface area (Å²) >= 11 is 1.92. The molecule has 0 bridgehead atoms. The molecule has 0 aliphatic heterocycles. The van der Waals surface area contributed by atoms with Gasteiger partial charge in [-0.1, -0.05) is 12.1 Å². The van der Waals surface area contributed by atoms with Crippen molar-refractivity contribution in [3.8, 4) is 5.75 Å². The van der Waals surface area contributed by atoms with Gasteiger partial charge in [0.15, 0.2) is 0 Å². The Morgan fingerprint density at radius 1 is 1.29 bits per heavy atom. The number of nitrogens with one attached hydrogen (secondary N) is 1. The lowest BCUT2D eigenvalue weighted by molar-refractivity contribution is 0.414. The van der Waals surface area contributed by atoms with Gasteiger partial charge >= 0.3 is 0 Å². The number of hydrogen-bond donors (Lipinski definition) is 1. The van der Waals surface area contributed by atoms with Crippen LogP contribution in [0.1, 0.15) is 12.0 Å². The standard InChI is InChI=1S/C14H23NOS/c1-15-11-13(8-9-17-3)10-12-4-6-14(16-2)7-5-12/h4-7,13,15H,8-11H2,1-3H3. The van der Waals surface area contributed by atoms with Gasteiger partial charge in [-0.25, -0.2) is 0 Å². The molecule has 1 unspecified atom stereocenters. The van der Waals surface area contributed by atoms with Gasteiger partial charge < -0.3 is 10.1 Å². The number of thioether (sulfide) groups is 1. The van der Waals surface area contributed by atoms with Gasteiger partial charge in [0.25, 0.3) is 0 Å². The van der Waals surface area contributed by atoms with E-state index in [0.717, 1.165) is 24.6 Å². The molecule has 3 heteroatoms. The van der Waals surface area contributed by atoms with Crippen LogP contribution in [0.2, 0.25) is 0 Å². The summed E-state index contributed by atoms with van der Waals surface area (Å²) in [5.41, 5.74) is 1.40. The lowest BCUT2D eigenvalue weighted by atomic mass is 9.97. The molecule has 2 nitrogen and oxygen atoms in total. The van der Waals surface area contributed by atoms with Crippen molar-refractivity contribution in [2.75, 3.05) is 32.7 Å². The van der Waals surface area contributed by atoms with E-state index in [1.165, 1.54) is 17.7 Å². The maximum absolute atomic E-state index is 5.17. The molecule has 1 atom stereocenters. The average molecular weight is 253 g/mol. The Balaban J connectivity index is 2.51. The normalized spacial score (nSPS) is 12.4. The van der Waals surface area contributed by atoms with Gasteiger partial charge in [-0.2, -0.15) is 11.8 Å². The van der Waals surface area contributed by atoms with Crippen LogP contribution in [0.15, 0.2) is 24.3 Å². The predicted octanol–water partition coefficient (Wildman–Crippen LogP) is 2.83. The first kappa shape index (κ1) is 14.4. The third-order valence-corrected chi connectivity index (χ3v) is 3.55. The Morgan fingerprint density at radius 2 is 2.00 bits per heavy atom. The number of ether oxygens (including phenoxy) is 1. The summed E-state index contributed by atoms with van der Waals surface area (Å²) in [6.07, 6.45) is 4.59. The van der Waals surface area contributed by atoms with Gasteiger partial charge in [-0.3, -0.25) is 0 Å². The van der Waals surface area contributed by atoms with Gasteiger partial charge in [0.1, 0.15) is 5.75 Å². The van der Waals surface area contributed by atoms with Crippen LogP contribution >= 0.6 is 11.8 Å². The summed E-state index contributed by atoms with van der Waals surface area (Å²) in [7, 11) is 3.73. The Morgan fingerprint density at radius 3 is 2.53 bits per heavy atom. The molecule has 0 heterocycles. The molecule has 1 rings (SSSR count). The summed E-state index contributed by atoms with van der Waals surface area (Å²) in [6.45, 7) is 1.09. The predicted molar refractivity (Wildman–Crippen MR) is 77.1 cm³/mol. The first-order chi connectivity index (χ1) is 8.30. The zero-order valence-electron chi connectivity index (χ0n) is 11.0. The molecule has 0 saturated carbocycles. The summed E-state index contributed by atoms with van der Waals surface area (Å²) in [4.78, 5) is 0. The maximum Gasteiger partial charge on any atom is 0.118 e. The molecule has 0 aliphatic rings. The number of methoxy groups -OCH3 is 1. The fourth-order valence-electron chi connectivity index (χ4n) is 1.94. The second-order valence-corrected chi connectivity index (χ2v) is 5.24. The van der Waals surface area contributed by atoms with Crippen molar-refractivity contribution < 1.29 is 4.74 Å². The van der Waals surface area contributed by atoms with Crippen molar-refractivity contribution in [3.05, 3.63) is 29.8 Å². The first-order valence-electron chi connectivity index (χ1n) is 6.06. The van der Waals surface area contributed by atoms with Crippen LogP contribution in [0.5, 0.6) is 5.75 Å². The van der Waals surface area contributed by atoms with Crippen LogP contribution in [0.3, 0.4) is 0 Å². The SMILES string of the molecule is CNCC(CCSC)Cc1ccc(OC)cc1. The first-order valence-corrected chi connectivity index (χ1v) is 7.46. The molecule has 0 aliphatic carbocycles. The van der Waals surface area contributed by atoms with E-state index < -0.39 is 0 Å². The van der Waals surface area contributed by atoms with E-state index in [1.54, 1.807) is 7.11 Å². The fraction of sp³-hybridized carbons (Fsp3) is 0.571. The van der Waals surface area contributed by atoms with Crippen LogP contribution in [0, 0.1) is 5.92 Å². The van der Waals surface area contributed by atoms with Gasteiger partial charge in [-0.15, -0.1) is 0 Å². The van der Waals surface area contributed by atoms with Crippen molar-refractivity contribution in [2.24, 2.45) is 5.92 Å². The molecule has 1 aromatic carbocycles. The molecule has 1 N–H and O–H groups in total. The molecule has 17 heavy (non-hydrogen) atoms. The zero-order chi connectivity index (χ0) is 12.5. The Labute approximate surface area is 109 Å². The molecule has 0 aromatic heterocycles. The second-order valence-electron chi connectivity index (χ2n) is 4.26. The van der Waals surface area contributed by atoms with Gasteiger partial charge in [0.2, 0.25) is 0 Å². The van der Waals surface area contributed by atoms with Crippen molar-refractivity contribution in [3.63, 3.8) is 0 Å². The summed E-state index contributed by atoms with van der Waals surface area (Å²) < 4.78 is 5.17. The smallest absolute Gasteiger partial charge is 0.118 e. The van der Waals surface area contributed by atoms with E-state index in [4.69, 9.17) is 4.74 Å². The Kier molecular flexibility index (Phi) is 7.13. The molecule has 0 spiro atoms. The number of benzene rings is 1. The molecule has 0 radical (unpaired) electrons. The highest BCUT2D eigenvalue weighted by molar-refractivity contribution is 7.98. The van der Waals surface area contributed by atoms with E-state index in [1.807, 2.05) is 30.9 Å². The monoisotopic (exact) mass is 253 g/mol. The topological polar surface area (TPSA) is 21.3 Å². The van der Waals surface area contributed by atoms with E-state index in [9.17, 15) is 0 Å². The highest BCUT2D eigenvalue weighted by Crippen LogP contribution is 2.17. The van der Waals surface area contributed by atoms with Crippen molar-refractivity contribution in [1.82, 2.24) is 5.32 Å². The van der Waals surface area contributed by atoms with Gasteiger partial charge in [0.05, 0.1) is 7.11 Å². The van der Waals surface area contributed by atoms with Crippen molar-refractivity contribution >= 4 is 11.8 Å². The molecular formula is C14H23NOS. The lowest BCUT2D eigenvalue weighted by Crippen LogP contribution is -2.21. The van der Waals surface area contributed by atoms with E-state index in [-0.39, 0.29) is 0 Å². The van der Waals surface area contributed by atoms with Crippen LogP contribution in [-0.4, -0.2) is 32.7 Å². The van der Waals surface area contributed by atoms with Gasteiger partial charge in [-0.05, 0) is 62.1 Å². The van der Waals surface area contributed by atoms with Crippen LogP contribution < -0.4 is 10.1 Å². The third kappa shape index (κ3) is 5.46. The fourth-order valence-corrected chi connectivity index (χ4v) is 2.51. The van der Waals surface area contributed by atoms with Gasteiger partial charge in [0, 0.05) is 0 Å². The highest BCUT2D eigenvalue weighted by Gasteiger charge is 2.08. The average Bonchev–Trinajstić information content (AvgIpc) is 2.37. The minimum atomic E-state index is 0.723. The molecule has 0 saturated heterocycles. The highest BCUT2D eigenvalue weighted by atomic mass is 32.2. The van der Waals surface area contributed by atoms with Crippen LogP contribution in [0.4, 0.5) is 0 Å². The summed E-state index contributed by atoms with van der Waals surface area (Å²) in [6, 6.07) is 8.42. The Bertz CT molecular complexity index is 300. The number of rotatable bonds is 8. The van der Waals surface area contributed by atoms with E-state index >= 15 is 0 Å². The maximum atomic E-state index is 5.17. The Hall–Kier alpha value is -0.670. The third-order valence-electron chi connectivity index (χ3n) is 2.91. The van der Waals surface area contributed by atoms with Crippen molar-refractivity contribution in [1.29, 1.82) is 0 Å². The largest absolute Gasteiger partial charge is 0.497 e. The van der Waals surface area contributed by atoms with E-state index in [0.29, 0.717) is 0 Å². The lowest BCUT2D eigenvalue weighted by Gasteiger charge is -2.16. The molecule has 96 valence electrons. The molecule has 1 aromatic rings. The quantitative estimate of drug-likeness (QED) is 0.770. The minimum Gasteiger partial charge on any atom is -0.497 e. The summed E-state index contributed by atoms with van der Waals surface area (Å²) in [5, 5.41) is 3.29. The number of hydrogen-bond acceptors (Lipinski definition) is 3. The van der Waals surface area contributed by atoms with Crippen LogP contribution in [0.25, 0.3) is 0 Å². The molecule has 0 amide bonds. The van der Waals surface area contributed by atoms with E-state index in [2.05, 4.69) is 23.7 Å². The summed E-state index contributed by atoms with van der Waals surface area (Å²) in [5.74, 6) is 2.89.